The minimum Gasteiger partial charge on any atom is -0.484 e. The molecule has 160 valence electrons. The summed E-state index contributed by atoms with van der Waals surface area (Å²) in [4.78, 5) is 19.0. The number of hydrogen-bond acceptors (Lipinski definition) is 3. The molecule has 1 aromatic heterocycles. The zero-order valence-corrected chi connectivity index (χ0v) is 17.4. The molecule has 0 saturated heterocycles. The average molecular weight is 420 g/mol. The highest BCUT2D eigenvalue weighted by Gasteiger charge is 2.39. The van der Waals surface area contributed by atoms with Crippen LogP contribution in [0.15, 0.2) is 36.5 Å². The lowest BCUT2D eigenvalue weighted by Crippen LogP contribution is -2.31. The van der Waals surface area contributed by atoms with Gasteiger partial charge in [0, 0.05) is 26.5 Å². The minimum absolute atomic E-state index is 0.0773. The van der Waals surface area contributed by atoms with Crippen LogP contribution in [0.2, 0.25) is 0 Å². The highest BCUT2D eigenvalue weighted by atomic mass is 19.4. The summed E-state index contributed by atoms with van der Waals surface area (Å²) in [7, 11) is 0. The van der Waals surface area contributed by atoms with Crippen molar-refractivity contribution >= 4 is 11.7 Å². The van der Waals surface area contributed by atoms with Gasteiger partial charge in [0.05, 0.1) is 5.56 Å². The van der Waals surface area contributed by atoms with E-state index in [0.717, 1.165) is 6.07 Å². The fourth-order valence-corrected chi connectivity index (χ4v) is 3.18. The van der Waals surface area contributed by atoms with Crippen molar-refractivity contribution in [3.05, 3.63) is 46.9 Å². The van der Waals surface area contributed by atoms with Gasteiger partial charge in [-0.2, -0.15) is 13.2 Å². The van der Waals surface area contributed by atoms with Gasteiger partial charge in [-0.3, -0.25) is 4.79 Å². The van der Waals surface area contributed by atoms with Crippen molar-refractivity contribution in [1.29, 1.82) is 0 Å². The Morgan fingerprint density at radius 2 is 1.90 bits per heavy atom. The van der Waals surface area contributed by atoms with Gasteiger partial charge in [0.15, 0.2) is 6.61 Å². The number of nitrogens with zero attached hydrogens (tertiary/aromatic N) is 2. The van der Waals surface area contributed by atoms with Gasteiger partial charge in [0.25, 0.3) is 6.57 Å². The van der Waals surface area contributed by atoms with E-state index >= 15 is 0 Å². The van der Waals surface area contributed by atoms with Crippen molar-refractivity contribution in [3.63, 3.8) is 0 Å². The fourth-order valence-electron chi connectivity index (χ4n) is 3.18. The van der Waals surface area contributed by atoms with E-state index in [1.807, 2.05) is 13.8 Å². The standard InChI is InChI=1S/C22H24F3N3O2/c1-14(2)12-21(4,26-5)13-30-19-7-6-16(10-18(19)22(23,24)25)17-8-9-27-20(11-17)28-15(3)29/h5-11,14H,12-13H2,1-4H3/p+1. The van der Waals surface area contributed by atoms with E-state index in [1.165, 1.54) is 31.3 Å². The van der Waals surface area contributed by atoms with Gasteiger partial charge >= 0.3 is 11.7 Å². The molecule has 1 N–H and O–H groups in total. The molecule has 1 atom stereocenters. The van der Waals surface area contributed by atoms with Gasteiger partial charge in [0.1, 0.15) is 11.6 Å². The highest BCUT2D eigenvalue weighted by molar-refractivity contribution is 5.88. The van der Waals surface area contributed by atoms with Crippen molar-refractivity contribution in [3.8, 4) is 23.4 Å². The monoisotopic (exact) mass is 420 g/mol. The molecule has 2 rings (SSSR count). The van der Waals surface area contributed by atoms with Crippen LogP contribution >= 0.6 is 0 Å². The molecule has 0 aliphatic carbocycles. The Morgan fingerprint density at radius 3 is 2.47 bits per heavy atom. The number of rotatable bonds is 7. The number of halogens is 3. The molecule has 0 spiro atoms. The van der Waals surface area contributed by atoms with Crippen LogP contribution < -0.4 is 10.1 Å². The van der Waals surface area contributed by atoms with Crippen LogP contribution in [0, 0.1) is 12.5 Å². The van der Waals surface area contributed by atoms with Gasteiger partial charge in [-0.15, -0.1) is 0 Å². The molecule has 1 amide bonds. The molecule has 1 unspecified atom stereocenters. The Labute approximate surface area is 174 Å². The molecule has 0 fully saturated rings. The molecule has 1 heterocycles. The lowest BCUT2D eigenvalue weighted by Gasteiger charge is -2.19. The van der Waals surface area contributed by atoms with Gasteiger partial charge in [0.2, 0.25) is 5.91 Å². The van der Waals surface area contributed by atoms with Gasteiger partial charge in [-0.1, -0.05) is 24.8 Å². The van der Waals surface area contributed by atoms with Crippen molar-refractivity contribution < 1.29 is 22.7 Å². The van der Waals surface area contributed by atoms with Gasteiger partial charge in [-0.05, 0) is 41.3 Å². The van der Waals surface area contributed by atoms with Crippen LogP contribution in [-0.4, -0.2) is 23.0 Å². The molecule has 1 aromatic carbocycles. The third kappa shape index (κ3) is 6.21. The largest absolute Gasteiger partial charge is 0.484 e. The van der Waals surface area contributed by atoms with Crippen LogP contribution in [0.5, 0.6) is 5.75 Å². The van der Waals surface area contributed by atoms with E-state index in [1.54, 1.807) is 13.0 Å². The Hall–Kier alpha value is -3.08. The van der Waals surface area contributed by atoms with Crippen molar-refractivity contribution in [2.75, 3.05) is 11.9 Å². The second kappa shape index (κ2) is 9.16. The molecule has 0 bridgehead atoms. The lowest BCUT2D eigenvalue weighted by molar-refractivity contribution is -0.139. The van der Waals surface area contributed by atoms with Crippen LogP contribution in [0.25, 0.3) is 16.0 Å². The second-order valence-corrected chi connectivity index (χ2v) is 7.83. The van der Waals surface area contributed by atoms with E-state index in [-0.39, 0.29) is 30.0 Å². The number of anilines is 1. The molecular formula is C22H25F3N3O2+. The molecule has 5 nitrogen and oxygen atoms in total. The van der Waals surface area contributed by atoms with E-state index in [4.69, 9.17) is 11.3 Å². The Bertz CT molecular complexity index is 951. The maximum Gasteiger partial charge on any atom is 0.419 e. The third-order valence-corrected chi connectivity index (χ3v) is 4.38. The van der Waals surface area contributed by atoms with Crippen LogP contribution in [0.3, 0.4) is 0 Å². The summed E-state index contributed by atoms with van der Waals surface area (Å²) in [6, 6.07) is 6.89. The third-order valence-electron chi connectivity index (χ3n) is 4.38. The van der Waals surface area contributed by atoms with Crippen molar-refractivity contribution in [1.82, 2.24) is 4.98 Å². The van der Waals surface area contributed by atoms with E-state index in [2.05, 4.69) is 15.1 Å². The number of pyridine rings is 1. The first-order chi connectivity index (χ1) is 13.9. The van der Waals surface area contributed by atoms with E-state index < -0.39 is 17.3 Å². The number of alkyl halides is 3. The maximum absolute atomic E-state index is 13.7. The minimum atomic E-state index is -4.62. The number of carbonyl (C=O) groups is 1. The van der Waals surface area contributed by atoms with E-state index in [9.17, 15) is 18.0 Å². The topological polar surface area (TPSA) is 55.6 Å². The summed E-state index contributed by atoms with van der Waals surface area (Å²) in [6.45, 7) is 12.4. The first-order valence-corrected chi connectivity index (χ1v) is 9.43. The molecule has 8 heteroatoms. The Morgan fingerprint density at radius 1 is 1.23 bits per heavy atom. The molecule has 30 heavy (non-hydrogen) atoms. The van der Waals surface area contributed by atoms with Gasteiger partial charge < -0.3 is 10.1 Å². The quantitative estimate of drug-likeness (QED) is 0.609. The summed E-state index contributed by atoms with van der Waals surface area (Å²) in [5.74, 6) is -0.113. The van der Waals surface area contributed by atoms with Crippen LogP contribution in [0.1, 0.15) is 39.7 Å². The van der Waals surface area contributed by atoms with Crippen LogP contribution in [-0.2, 0) is 11.0 Å². The zero-order chi connectivity index (χ0) is 22.5. The number of amides is 1. The number of hydrogen-bond donors (Lipinski definition) is 1. The normalized spacial score (nSPS) is 13.4. The summed E-state index contributed by atoms with van der Waals surface area (Å²) >= 11 is 0. The first-order valence-electron chi connectivity index (χ1n) is 9.43. The maximum atomic E-state index is 13.7. The van der Waals surface area contributed by atoms with Crippen molar-refractivity contribution in [2.45, 2.75) is 45.8 Å². The molecule has 0 aliphatic heterocycles. The Kier molecular flexibility index (Phi) is 7.08. The Balaban J connectivity index is 2.37. The summed E-state index contributed by atoms with van der Waals surface area (Å²) < 4.78 is 46.7. The van der Waals surface area contributed by atoms with E-state index in [0.29, 0.717) is 17.5 Å². The predicted octanol–water partition coefficient (Wildman–Crippen LogP) is 5.87. The molecule has 0 aliphatic rings. The molecule has 0 radical (unpaired) electrons. The van der Waals surface area contributed by atoms with Crippen molar-refractivity contribution in [2.24, 2.45) is 5.92 Å². The smallest absolute Gasteiger partial charge is 0.419 e. The number of carbonyl (C=O) groups excluding carboxylic acids is 1. The number of nitrogens with one attached hydrogen (secondary N) is 1. The zero-order valence-electron chi connectivity index (χ0n) is 17.4. The number of ether oxygens (including phenoxy) is 1. The lowest BCUT2D eigenvalue weighted by atomic mass is 9.92. The number of benzene rings is 1. The summed E-state index contributed by atoms with van der Waals surface area (Å²) in [5.41, 5.74) is -0.903. The summed E-state index contributed by atoms with van der Waals surface area (Å²) in [5, 5.41) is 2.51. The summed E-state index contributed by atoms with van der Waals surface area (Å²) in [6.07, 6.45) is -2.63. The SMILES string of the molecule is C#[N+]C(C)(COc1ccc(-c2ccnc(NC(C)=O)c2)cc1C(F)(F)F)CC(C)C. The average Bonchev–Trinajstić information content (AvgIpc) is 2.65. The fraction of sp³-hybridized carbons (Fsp3) is 0.409. The second-order valence-electron chi connectivity index (χ2n) is 7.83. The number of aromatic nitrogens is 1. The molecule has 2 aromatic rings. The first kappa shape index (κ1) is 23.2. The van der Waals surface area contributed by atoms with Gasteiger partial charge in [-0.25, -0.2) is 4.98 Å². The highest BCUT2D eigenvalue weighted by Crippen LogP contribution is 2.39. The molecule has 0 saturated carbocycles. The molecular weight excluding hydrogens is 395 g/mol. The van der Waals surface area contributed by atoms with Crippen LogP contribution in [0.4, 0.5) is 19.0 Å². The predicted molar refractivity (Wildman–Crippen MR) is 111 cm³/mol.